The van der Waals surface area contributed by atoms with E-state index in [4.69, 9.17) is 21.1 Å². The van der Waals surface area contributed by atoms with Gasteiger partial charge in [0.05, 0.1) is 23.7 Å². The first-order valence-corrected chi connectivity index (χ1v) is 7.17. The van der Waals surface area contributed by atoms with E-state index in [9.17, 15) is 0 Å². The molecule has 2 nitrogen and oxygen atoms in total. The third-order valence-corrected chi connectivity index (χ3v) is 4.59. The van der Waals surface area contributed by atoms with Crippen molar-refractivity contribution >= 4 is 11.6 Å². The fourth-order valence-electron chi connectivity index (χ4n) is 3.57. The molecule has 17 heavy (non-hydrogen) atoms. The standard InChI is InChI=1S/C14H25ClO2/c1-9-5-10(8-14(2,3)7-9)17-12-6-11(15)13(12)16-4/h9-13H,5-8H2,1-4H3. The molecule has 100 valence electrons. The Morgan fingerprint density at radius 2 is 1.88 bits per heavy atom. The minimum Gasteiger partial charge on any atom is -0.377 e. The van der Waals surface area contributed by atoms with Gasteiger partial charge in [-0.2, -0.15) is 0 Å². The van der Waals surface area contributed by atoms with Gasteiger partial charge in [0.1, 0.15) is 0 Å². The van der Waals surface area contributed by atoms with Gasteiger partial charge >= 0.3 is 0 Å². The van der Waals surface area contributed by atoms with Crippen molar-refractivity contribution in [2.45, 2.75) is 70.1 Å². The molecule has 0 N–H and O–H groups in total. The molecule has 2 rings (SSSR count). The Kier molecular flexibility index (Phi) is 4.06. The van der Waals surface area contributed by atoms with Crippen molar-refractivity contribution in [2.24, 2.45) is 11.3 Å². The molecule has 2 aliphatic carbocycles. The zero-order valence-corrected chi connectivity index (χ0v) is 12.2. The van der Waals surface area contributed by atoms with Crippen molar-refractivity contribution in [1.82, 2.24) is 0 Å². The number of ether oxygens (including phenoxy) is 2. The fourth-order valence-corrected chi connectivity index (χ4v) is 4.01. The summed E-state index contributed by atoms with van der Waals surface area (Å²) in [5, 5.41) is 0.138. The van der Waals surface area contributed by atoms with E-state index in [1.54, 1.807) is 7.11 Å². The molecule has 3 heteroatoms. The molecule has 0 bridgehead atoms. The minimum absolute atomic E-state index is 0.0945. The maximum absolute atomic E-state index is 6.20. The van der Waals surface area contributed by atoms with Crippen LogP contribution in [0.15, 0.2) is 0 Å². The first-order chi connectivity index (χ1) is 7.91. The van der Waals surface area contributed by atoms with Crippen LogP contribution in [0.5, 0.6) is 0 Å². The first-order valence-electron chi connectivity index (χ1n) is 6.73. The summed E-state index contributed by atoms with van der Waals surface area (Å²) >= 11 is 6.11. The second-order valence-electron chi connectivity index (χ2n) is 6.66. The zero-order chi connectivity index (χ0) is 12.6. The molecule has 0 aromatic heterocycles. The highest BCUT2D eigenvalue weighted by Crippen LogP contribution is 2.42. The van der Waals surface area contributed by atoms with E-state index in [0.29, 0.717) is 11.5 Å². The van der Waals surface area contributed by atoms with Crippen LogP contribution in [-0.4, -0.2) is 30.8 Å². The topological polar surface area (TPSA) is 18.5 Å². The highest BCUT2D eigenvalue weighted by molar-refractivity contribution is 6.21. The van der Waals surface area contributed by atoms with Gasteiger partial charge in [-0.15, -0.1) is 11.6 Å². The molecule has 2 fully saturated rings. The summed E-state index contributed by atoms with van der Waals surface area (Å²) in [4.78, 5) is 0. The van der Waals surface area contributed by atoms with Crippen LogP contribution in [0.1, 0.15) is 46.5 Å². The average molecular weight is 261 g/mol. The summed E-state index contributed by atoms with van der Waals surface area (Å²) in [7, 11) is 1.73. The third kappa shape index (κ3) is 3.15. The van der Waals surface area contributed by atoms with Gasteiger partial charge in [-0.25, -0.2) is 0 Å². The highest BCUT2D eigenvalue weighted by atomic mass is 35.5. The number of methoxy groups -OCH3 is 1. The summed E-state index contributed by atoms with van der Waals surface area (Å²) in [6.07, 6.45) is 5.29. The number of alkyl halides is 1. The monoisotopic (exact) mass is 260 g/mol. The van der Waals surface area contributed by atoms with Gasteiger partial charge in [-0.05, 0) is 37.0 Å². The average Bonchev–Trinajstić information content (AvgIpc) is 2.13. The van der Waals surface area contributed by atoms with Gasteiger partial charge in [-0.3, -0.25) is 0 Å². The summed E-state index contributed by atoms with van der Waals surface area (Å²) in [6, 6.07) is 0. The second-order valence-corrected chi connectivity index (χ2v) is 7.22. The van der Waals surface area contributed by atoms with Crippen LogP contribution in [0.4, 0.5) is 0 Å². The molecule has 0 aromatic rings. The Morgan fingerprint density at radius 3 is 2.41 bits per heavy atom. The van der Waals surface area contributed by atoms with Crippen LogP contribution in [0.25, 0.3) is 0 Å². The van der Waals surface area contributed by atoms with Crippen LogP contribution in [-0.2, 0) is 9.47 Å². The molecule has 5 atom stereocenters. The van der Waals surface area contributed by atoms with Gasteiger partial charge in [0.2, 0.25) is 0 Å². The van der Waals surface area contributed by atoms with E-state index in [2.05, 4.69) is 20.8 Å². The molecule has 0 radical (unpaired) electrons. The van der Waals surface area contributed by atoms with Crippen molar-refractivity contribution in [3.63, 3.8) is 0 Å². The lowest BCUT2D eigenvalue weighted by Crippen LogP contribution is -2.52. The molecular weight excluding hydrogens is 236 g/mol. The molecule has 0 aromatic carbocycles. The van der Waals surface area contributed by atoms with Gasteiger partial charge in [0, 0.05) is 7.11 Å². The molecule has 5 unspecified atom stereocenters. The molecular formula is C14H25ClO2. The van der Waals surface area contributed by atoms with Gasteiger partial charge < -0.3 is 9.47 Å². The second kappa shape index (κ2) is 5.07. The first kappa shape index (κ1) is 13.6. The van der Waals surface area contributed by atoms with Crippen LogP contribution in [0.3, 0.4) is 0 Å². The lowest BCUT2D eigenvalue weighted by Gasteiger charge is -2.45. The van der Waals surface area contributed by atoms with Crippen molar-refractivity contribution in [3.05, 3.63) is 0 Å². The quantitative estimate of drug-likeness (QED) is 0.722. The zero-order valence-electron chi connectivity index (χ0n) is 11.4. The number of hydrogen-bond donors (Lipinski definition) is 0. The number of hydrogen-bond acceptors (Lipinski definition) is 2. The van der Waals surface area contributed by atoms with Crippen LogP contribution in [0, 0.1) is 11.3 Å². The largest absolute Gasteiger partial charge is 0.377 e. The normalized spacial score (nSPS) is 45.4. The van der Waals surface area contributed by atoms with Crippen LogP contribution >= 0.6 is 11.6 Å². The summed E-state index contributed by atoms with van der Waals surface area (Å²) in [5.41, 5.74) is 0.412. The SMILES string of the molecule is COC1C(Cl)CC1OC1CC(C)CC(C)(C)C1. The van der Waals surface area contributed by atoms with Crippen LogP contribution in [0.2, 0.25) is 0 Å². The summed E-state index contributed by atoms with van der Waals surface area (Å²) < 4.78 is 11.6. The lowest BCUT2D eigenvalue weighted by atomic mass is 9.71. The van der Waals surface area contributed by atoms with Gasteiger partial charge in [0.25, 0.3) is 0 Å². The fraction of sp³-hybridized carbons (Fsp3) is 1.00. The van der Waals surface area contributed by atoms with E-state index in [-0.39, 0.29) is 17.6 Å². The molecule has 2 saturated carbocycles. The Hall–Kier alpha value is 0.210. The highest BCUT2D eigenvalue weighted by Gasteiger charge is 2.44. The Labute approximate surface area is 110 Å². The minimum atomic E-state index is 0.0945. The van der Waals surface area contributed by atoms with E-state index in [1.807, 2.05) is 0 Å². The molecule has 0 saturated heterocycles. The van der Waals surface area contributed by atoms with Crippen molar-refractivity contribution in [3.8, 4) is 0 Å². The van der Waals surface area contributed by atoms with Crippen LogP contribution < -0.4 is 0 Å². The van der Waals surface area contributed by atoms with E-state index >= 15 is 0 Å². The number of rotatable bonds is 3. The molecule has 0 spiro atoms. The predicted molar refractivity (Wildman–Crippen MR) is 70.5 cm³/mol. The van der Waals surface area contributed by atoms with Crippen molar-refractivity contribution < 1.29 is 9.47 Å². The smallest absolute Gasteiger partial charge is 0.0997 e. The summed E-state index contributed by atoms with van der Waals surface area (Å²) in [6.45, 7) is 7.02. The lowest BCUT2D eigenvalue weighted by molar-refractivity contribution is -0.155. The van der Waals surface area contributed by atoms with E-state index in [1.165, 1.54) is 12.8 Å². The van der Waals surface area contributed by atoms with Gasteiger partial charge in [0.15, 0.2) is 0 Å². The molecule has 0 amide bonds. The Bertz CT molecular complexity index is 267. The Balaban J connectivity index is 1.87. The van der Waals surface area contributed by atoms with E-state index < -0.39 is 0 Å². The third-order valence-electron chi connectivity index (χ3n) is 4.17. The maximum atomic E-state index is 6.20. The van der Waals surface area contributed by atoms with Gasteiger partial charge in [-0.1, -0.05) is 20.8 Å². The number of halogens is 1. The predicted octanol–water partition coefficient (Wildman–Crippen LogP) is 3.61. The maximum Gasteiger partial charge on any atom is 0.0997 e. The molecule has 2 aliphatic rings. The van der Waals surface area contributed by atoms with E-state index in [0.717, 1.165) is 18.8 Å². The van der Waals surface area contributed by atoms with Crippen molar-refractivity contribution in [1.29, 1.82) is 0 Å². The molecule has 0 aliphatic heterocycles. The summed E-state index contributed by atoms with van der Waals surface area (Å²) in [5.74, 6) is 0.761. The molecule has 0 heterocycles. The Morgan fingerprint density at radius 1 is 1.18 bits per heavy atom. The van der Waals surface area contributed by atoms with Crippen molar-refractivity contribution in [2.75, 3.05) is 7.11 Å².